The van der Waals surface area contributed by atoms with Crippen molar-refractivity contribution in [2.75, 3.05) is 50.7 Å². The maximum Gasteiger partial charge on any atom is 0.319 e. The minimum Gasteiger partial charge on any atom is -0.489 e. The van der Waals surface area contributed by atoms with Crippen molar-refractivity contribution in [3.8, 4) is 11.5 Å². The number of ketones is 2. The van der Waals surface area contributed by atoms with Crippen LogP contribution < -0.4 is 26.3 Å². The third-order valence-electron chi connectivity index (χ3n) is 5.02. The summed E-state index contributed by atoms with van der Waals surface area (Å²) in [5.41, 5.74) is 10.6. The van der Waals surface area contributed by atoms with E-state index in [1.165, 1.54) is 24.3 Å². The Balaban J connectivity index is 0.00000507. The van der Waals surface area contributed by atoms with E-state index < -0.39 is 29.4 Å². The molecule has 0 radical (unpaired) electrons. The molecule has 0 heterocycles. The number of carbonyl (C=O) groups excluding carboxylic acids is 5. The lowest BCUT2D eigenvalue weighted by Crippen LogP contribution is -2.25. The minimum atomic E-state index is -0.645. The summed E-state index contributed by atoms with van der Waals surface area (Å²) in [4.78, 5) is 61.4. The van der Waals surface area contributed by atoms with Gasteiger partial charge >= 0.3 is 11.9 Å². The van der Waals surface area contributed by atoms with E-state index in [1.807, 2.05) is 0 Å². The highest BCUT2D eigenvalue weighted by atomic mass is 35.5. The molecule has 0 aromatic heterocycles. The quantitative estimate of drug-likeness (QED) is 0.159. The molecule has 1 aliphatic carbocycles. The summed E-state index contributed by atoms with van der Waals surface area (Å²) in [6.45, 7) is -1.13. The third-order valence-corrected chi connectivity index (χ3v) is 5.26. The van der Waals surface area contributed by atoms with Gasteiger partial charge in [-0.3, -0.25) is 24.0 Å². The van der Waals surface area contributed by atoms with Gasteiger partial charge in [-0.2, -0.15) is 0 Å². The SMILES string of the molecule is Cl.NCC(=O)OCCOc1cccc2c1C(=O)c1c(OCCOC(=O)CN)cc(NC(=O)CCl)cc1C2=O. The number of carbonyl (C=O) groups is 5. The van der Waals surface area contributed by atoms with E-state index in [0.29, 0.717) is 0 Å². The standard InChI is InChI=1S/C24H24ClN3O9.ClH/c25-10-18(29)28-13-8-15-22(17(9-13)35-5-7-37-20(31)12-27)24(33)21-14(23(15)32)2-1-3-16(21)34-4-6-36-19(30)11-26;/h1-3,8-9H,4-7,10-12,26-27H2,(H,28,29);1H. The Morgan fingerprint density at radius 1 is 0.789 bits per heavy atom. The molecule has 14 heteroatoms. The number of rotatable bonds is 12. The highest BCUT2D eigenvalue weighted by Gasteiger charge is 2.35. The molecular formula is C24H25Cl2N3O9. The summed E-state index contributed by atoms with van der Waals surface area (Å²) in [7, 11) is 0. The number of alkyl halides is 1. The van der Waals surface area contributed by atoms with E-state index in [4.69, 9.17) is 42.0 Å². The van der Waals surface area contributed by atoms with Crippen LogP contribution in [-0.2, 0) is 23.9 Å². The molecule has 0 unspecified atom stereocenters. The maximum absolute atomic E-state index is 13.6. The first kappa shape index (κ1) is 30.5. The van der Waals surface area contributed by atoms with E-state index >= 15 is 0 Å². The van der Waals surface area contributed by atoms with E-state index in [0.717, 1.165) is 0 Å². The number of halogens is 2. The minimum absolute atomic E-state index is 0. The number of amides is 1. The number of ether oxygens (including phenoxy) is 4. The molecule has 0 atom stereocenters. The molecule has 0 saturated carbocycles. The predicted molar refractivity (Wildman–Crippen MR) is 137 cm³/mol. The van der Waals surface area contributed by atoms with Gasteiger partial charge in [0.2, 0.25) is 11.7 Å². The van der Waals surface area contributed by atoms with E-state index in [-0.39, 0.29) is 97.2 Å². The molecule has 0 fully saturated rings. The monoisotopic (exact) mass is 569 g/mol. The Hall–Kier alpha value is -3.71. The first-order chi connectivity index (χ1) is 17.8. The summed E-state index contributed by atoms with van der Waals surface area (Å²) >= 11 is 5.57. The Kier molecular flexibility index (Phi) is 11.5. The fourth-order valence-electron chi connectivity index (χ4n) is 3.49. The van der Waals surface area contributed by atoms with Gasteiger partial charge < -0.3 is 35.7 Å². The van der Waals surface area contributed by atoms with Gasteiger partial charge in [0.1, 0.15) is 43.8 Å². The fraction of sp³-hybridized carbons (Fsp3) is 0.292. The molecule has 3 rings (SSSR count). The number of hydrogen-bond acceptors (Lipinski definition) is 11. The zero-order valence-electron chi connectivity index (χ0n) is 20.0. The molecule has 0 bridgehead atoms. The summed E-state index contributed by atoms with van der Waals surface area (Å²) < 4.78 is 21.1. The van der Waals surface area contributed by atoms with Crippen molar-refractivity contribution in [1.29, 1.82) is 0 Å². The Morgan fingerprint density at radius 2 is 1.37 bits per heavy atom. The molecule has 2 aromatic carbocycles. The molecule has 1 aliphatic rings. The van der Waals surface area contributed by atoms with Crippen LogP contribution in [0.1, 0.15) is 31.8 Å². The average Bonchev–Trinajstić information content (AvgIpc) is 2.91. The first-order valence-electron chi connectivity index (χ1n) is 11.0. The van der Waals surface area contributed by atoms with Crippen molar-refractivity contribution in [2.45, 2.75) is 0 Å². The maximum atomic E-state index is 13.6. The fourth-order valence-corrected chi connectivity index (χ4v) is 3.55. The van der Waals surface area contributed by atoms with E-state index in [2.05, 4.69) is 5.32 Å². The van der Waals surface area contributed by atoms with Gasteiger partial charge in [0.15, 0.2) is 5.78 Å². The van der Waals surface area contributed by atoms with Crippen molar-refractivity contribution < 1.29 is 42.9 Å². The smallest absolute Gasteiger partial charge is 0.319 e. The molecule has 2 aromatic rings. The summed E-state index contributed by atoms with van der Waals surface area (Å²) in [5.74, 6) is -3.13. The van der Waals surface area contributed by atoms with Crippen LogP contribution in [0.2, 0.25) is 0 Å². The number of nitrogens with one attached hydrogen (secondary N) is 1. The van der Waals surface area contributed by atoms with Gasteiger partial charge in [0.25, 0.3) is 0 Å². The van der Waals surface area contributed by atoms with Crippen LogP contribution in [-0.4, -0.2) is 74.8 Å². The Morgan fingerprint density at radius 3 is 1.95 bits per heavy atom. The number of anilines is 1. The summed E-state index contributed by atoms with van der Waals surface area (Å²) in [6.07, 6.45) is 0. The second-order valence-corrected chi connectivity index (χ2v) is 7.73. The number of hydrogen-bond donors (Lipinski definition) is 3. The van der Waals surface area contributed by atoms with Crippen LogP contribution in [0.15, 0.2) is 30.3 Å². The van der Waals surface area contributed by atoms with E-state index in [9.17, 15) is 24.0 Å². The van der Waals surface area contributed by atoms with Crippen molar-refractivity contribution in [2.24, 2.45) is 11.5 Å². The number of esters is 2. The van der Waals surface area contributed by atoms with Crippen LogP contribution in [0.3, 0.4) is 0 Å². The molecule has 0 saturated heterocycles. The van der Waals surface area contributed by atoms with Crippen LogP contribution >= 0.6 is 24.0 Å². The molecule has 5 N–H and O–H groups in total. The van der Waals surface area contributed by atoms with Gasteiger partial charge in [-0.1, -0.05) is 12.1 Å². The van der Waals surface area contributed by atoms with Crippen LogP contribution in [0.5, 0.6) is 11.5 Å². The first-order valence-corrected chi connectivity index (χ1v) is 11.6. The highest BCUT2D eigenvalue weighted by Crippen LogP contribution is 2.39. The zero-order chi connectivity index (χ0) is 26.9. The second kappa shape index (κ2) is 14.3. The molecule has 12 nitrogen and oxygen atoms in total. The normalized spacial score (nSPS) is 11.4. The highest BCUT2D eigenvalue weighted by molar-refractivity contribution is 6.31. The molecule has 204 valence electrons. The van der Waals surface area contributed by atoms with Gasteiger partial charge in [0.05, 0.1) is 24.2 Å². The van der Waals surface area contributed by atoms with Crippen LogP contribution in [0.4, 0.5) is 5.69 Å². The molecule has 0 spiro atoms. The Labute approximate surface area is 228 Å². The number of benzene rings is 2. The molecule has 38 heavy (non-hydrogen) atoms. The van der Waals surface area contributed by atoms with Crippen LogP contribution in [0.25, 0.3) is 0 Å². The van der Waals surface area contributed by atoms with Crippen molar-refractivity contribution in [3.05, 3.63) is 52.6 Å². The molecule has 0 aliphatic heterocycles. The van der Waals surface area contributed by atoms with Crippen molar-refractivity contribution >= 4 is 59.1 Å². The zero-order valence-corrected chi connectivity index (χ0v) is 21.5. The average molecular weight is 570 g/mol. The summed E-state index contributed by atoms with van der Waals surface area (Å²) in [5, 5.41) is 2.53. The van der Waals surface area contributed by atoms with Crippen molar-refractivity contribution in [1.82, 2.24) is 0 Å². The third kappa shape index (κ3) is 7.19. The Bertz CT molecular complexity index is 1240. The second-order valence-electron chi connectivity index (χ2n) is 7.46. The number of nitrogens with two attached hydrogens (primary N) is 2. The number of fused-ring (bicyclic) bond motifs is 2. The lowest BCUT2D eigenvalue weighted by molar-refractivity contribution is -0.143. The van der Waals surface area contributed by atoms with Gasteiger partial charge in [0, 0.05) is 22.9 Å². The lowest BCUT2D eigenvalue weighted by Gasteiger charge is -2.23. The molecular weight excluding hydrogens is 545 g/mol. The van der Waals surface area contributed by atoms with Crippen molar-refractivity contribution in [3.63, 3.8) is 0 Å². The molecule has 1 amide bonds. The van der Waals surface area contributed by atoms with Crippen LogP contribution in [0, 0.1) is 0 Å². The largest absolute Gasteiger partial charge is 0.489 e. The van der Waals surface area contributed by atoms with Gasteiger partial charge in [-0.05, 0) is 12.1 Å². The topological polar surface area (TPSA) is 186 Å². The summed E-state index contributed by atoms with van der Waals surface area (Å²) in [6, 6.07) is 7.22. The predicted octanol–water partition coefficient (Wildman–Crippen LogP) is 0.822. The van der Waals surface area contributed by atoms with Gasteiger partial charge in [-0.15, -0.1) is 24.0 Å². The van der Waals surface area contributed by atoms with Gasteiger partial charge in [-0.25, -0.2) is 0 Å². The lowest BCUT2D eigenvalue weighted by atomic mass is 9.82. The van der Waals surface area contributed by atoms with E-state index in [1.54, 1.807) is 6.07 Å².